The number of carbonyl (C=O) groups is 3. The number of aliphatic carboxylic acids is 1. The largest absolute Gasteiger partial charge is 0.481 e. The van der Waals surface area contributed by atoms with Gasteiger partial charge in [0.15, 0.2) is 0 Å². The molecular formula is C28H28N2O5. The van der Waals surface area contributed by atoms with Gasteiger partial charge in [0.25, 0.3) is 5.91 Å². The molecule has 180 valence electrons. The van der Waals surface area contributed by atoms with Gasteiger partial charge in [0.05, 0.1) is 6.42 Å². The van der Waals surface area contributed by atoms with Crippen LogP contribution in [-0.2, 0) is 9.53 Å². The van der Waals surface area contributed by atoms with E-state index in [-0.39, 0.29) is 30.8 Å². The Bertz CT molecular complexity index is 1190. The minimum atomic E-state index is -0.966. The van der Waals surface area contributed by atoms with Gasteiger partial charge in [0, 0.05) is 23.2 Å². The zero-order valence-corrected chi connectivity index (χ0v) is 19.7. The first-order chi connectivity index (χ1) is 16.8. The van der Waals surface area contributed by atoms with Crippen molar-refractivity contribution in [2.24, 2.45) is 5.92 Å². The Hall–Kier alpha value is -4.13. The van der Waals surface area contributed by atoms with Crippen molar-refractivity contribution >= 4 is 23.7 Å². The molecule has 0 aliphatic heterocycles. The Kier molecular flexibility index (Phi) is 7.15. The van der Waals surface area contributed by atoms with Gasteiger partial charge < -0.3 is 15.2 Å². The maximum atomic E-state index is 12.5. The van der Waals surface area contributed by atoms with Crippen LogP contribution in [0, 0.1) is 5.92 Å². The maximum Gasteiger partial charge on any atom is 0.411 e. The van der Waals surface area contributed by atoms with Gasteiger partial charge in [-0.15, -0.1) is 0 Å². The highest BCUT2D eigenvalue weighted by atomic mass is 16.5. The fourth-order valence-corrected chi connectivity index (χ4v) is 4.35. The number of benzene rings is 3. The van der Waals surface area contributed by atoms with Gasteiger partial charge in [-0.3, -0.25) is 14.9 Å². The fourth-order valence-electron chi connectivity index (χ4n) is 4.35. The van der Waals surface area contributed by atoms with Crippen LogP contribution in [0.2, 0.25) is 0 Å². The van der Waals surface area contributed by atoms with Crippen LogP contribution in [-0.4, -0.2) is 35.7 Å². The molecule has 1 aliphatic rings. The zero-order valence-electron chi connectivity index (χ0n) is 19.7. The Morgan fingerprint density at radius 1 is 0.886 bits per heavy atom. The number of nitrogens with one attached hydrogen (secondary N) is 2. The van der Waals surface area contributed by atoms with Crippen LogP contribution >= 0.6 is 0 Å². The lowest BCUT2D eigenvalue weighted by atomic mass is 9.98. The van der Waals surface area contributed by atoms with E-state index < -0.39 is 18.1 Å². The highest BCUT2D eigenvalue weighted by Crippen LogP contribution is 2.44. The van der Waals surface area contributed by atoms with Crippen LogP contribution in [0.3, 0.4) is 0 Å². The van der Waals surface area contributed by atoms with Crippen LogP contribution in [0.25, 0.3) is 11.1 Å². The van der Waals surface area contributed by atoms with Crippen molar-refractivity contribution < 1.29 is 24.2 Å². The Morgan fingerprint density at radius 2 is 1.46 bits per heavy atom. The summed E-state index contributed by atoms with van der Waals surface area (Å²) in [4.78, 5) is 36.0. The van der Waals surface area contributed by atoms with E-state index in [4.69, 9.17) is 9.84 Å². The van der Waals surface area contributed by atoms with Gasteiger partial charge in [-0.05, 0) is 52.4 Å². The van der Waals surface area contributed by atoms with Crippen LogP contribution in [0.5, 0.6) is 0 Å². The van der Waals surface area contributed by atoms with Gasteiger partial charge >= 0.3 is 12.1 Å². The predicted molar refractivity (Wildman–Crippen MR) is 133 cm³/mol. The molecule has 1 unspecified atom stereocenters. The van der Waals surface area contributed by atoms with Gasteiger partial charge in [-0.1, -0.05) is 62.4 Å². The summed E-state index contributed by atoms with van der Waals surface area (Å²) in [5.74, 6) is -1.38. The molecule has 35 heavy (non-hydrogen) atoms. The second-order valence-corrected chi connectivity index (χ2v) is 8.95. The van der Waals surface area contributed by atoms with E-state index in [9.17, 15) is 14.4 Å². The number of hydrogen-bond donors (Lipinski definition) is 3. The first kappa shape index (κ1) is 24.0. The first-order valence-electron chi connectivity index (χ1n) is 11.6. The molecule has 0 spiro atoms. The zero-order chi connectivity index (χ0) is 24.9. The van der Waals surface area contributed by atoms with Crippen molar-refractivity contribution in [1.82, 2.24) is 5.32 Å². The summed E-state index contributed by atoms with van der Waals surface area (Å²) in [5, 5.41) is 14.5. The molecule has 3 N–H and O–H groups in total. The minimum absolute atomic E-state index is 0.0236. The summed E-state index contributed by atoms with van der Waals surface area (Å²) >= 11 is 0. The van der Waals surface area contributed by atoms with E-state index in [1.165, 1.54) is 0 Å². The molecule has 0 radical (unpaired) electrons. The van der Waals surface area contributed by atoms with E-state index in [2.05, 4.69) is 34.9 Å². The van der Waals surface area contributed by atoms with Gasteiger partial charge in [0.2, 0.25) is 0 Å². The Morgan fingerprint density at radius 3 is 2.00 bits per heavy atom. The molecule has 2 amide bonds. The molecule has 0 fully saturated rings. The number of carbonyl (C=O) groups excluding carboxylic acids is 2. The highest BCUT2D eigenvalue weighted by Gasteiger charge is 2.29. The van der Waals surface area contributed by atoms with Gasteiger partial charge in [0.1, 0.15) is 6.61 Å². The van der Waals surface area contributed by atoms with Crippen LogP contribution in [0.15, 0.2) is 72.8 Å². The Balaban J connectivity index is 1.35. The summed E-state index contributed by atoms with van der Waals surface area (Å²) in [6, 6.07) is 22.2. The average Bonchev–Trinajstić information content (AvgIpc) is 3.16. The molecule has 3 aromatic rings. The number of carboxylic acids is 1. The van der Waals surface area contributed by atoms with E-state index in [0.717, 1.165) is 22.3 Å². The molecule has 7 heteroatoms. The van der Waals surface area contributed by atoms with Crippen molar-refractivity contribution in [2.45, 2.75) is 32.2 Å². The highest BCUT2D eigenvalue weighted by molar-refractivity contribution is 5.95. The molecule has 3 aromatic carbocycles. The Labute approximate surface area is 204 Å². The lowest BCUT2D eigenvalue weighted by Gasteiger charge is -2.20. The molecular weight excluding hydrogens is 444 g/mol. The molecule has 1 aliphatic carbocycles. The lowest BCUT2D eigenvalue weighted by molar-refractivity contribution is -0.137. The number of hydrogen-bond acceptors (Lipinski definition) is 4. The van der Waals surface area contributed by atoms with E-state index >= 15 is 0 Å². The summed E-state index contributed by atoms with van der Waals surface area (Å²) in [5.41, 5.74) is 5.46. The standard InChI is InChI=1S/C28H28N2O5/c1-17(2)25(15-26(31)32)30-27(33)18-11-13-19(14-12-18)29-28(34)35-16-24-22-9-5-3-7-20(22)21-8-4-6-10-23(21)24/h3-14,17,24-25H,15-16H2,1-2H3,(H,29,34)(H,30,33)(H,31,32). The number of amides is 2. The predicted octanol–water partition coefficient (Wildman–Crippen LogP) is 5.28. The molecule has 1 atom stereocenters. The summed E-state index contributed by atoms with van der Waals surface area (Å²) in [6.45, 7) is 3.92. The second kappa shape index (κ2) is 10.4. The third-order valence-corrected chi connectivity index (χ3v) is 6.25. The summed E-state index contributed by atoms with van der Waals surface area (Å²) < 4.78 is 5.55. The lowest BCUT2D eigenvalue weighted by Crippen LogP contribution is -2.40. The number of carboxylic acid groups (broad SMARTS) is 1. The normalized spacial score (nSPS) is 13.0. The number of anilines is 1. The van der Waals surface area contributed by atoms with Crippen LogP contribution in [0.1, 0.15) is 47.7 Å². The number of ether oxygens (including phenoxy) is 1. The summed E-state index contributed by atoms with van der Waals surface area (Å²) in [6.07, 6.45) is -0.726. The minimum Gasteiger partial charge on any atom is -0.481 e. The molecule has 4 rings (SSSR count). The SMILES string of the molecule is CC(C)C(CC(=O)O)NC(=O)c1ccc(NC(=O)OCC2c3ccccc3-c3ccccc32)cc1. The first-order valence-corrected chi connectivity index (χ1v) is 11.6. The molecule has 0 bridgehead atoms. The topological polar surface area (TPSA) is 105 Å². The van der Waals surface area contributed by atoms with E-state index in [1.54, 1.807) is 24.3 Å². The molecule has 0 aromatic heterocycles. The third-order valence-electron chi connectivity index (χ3n) is 6.25. The fraction of sp³-hybridized carbons (Fsp3) is 0.250. The second-order valence-electron chi connectivity index (χ2n) is 8.95. The van der Waals surface area contributed by atoms with Crippen LogP contribution in [0.4, 0.5) is 10.5 Å². The van der Waals surface area contributed by atoms with Crippen molar-refractivity contribution in [3.63, 3.8) is 0 Å². The van der Waals surface area contributed by atoms with Crippen molar-refractivity contribution in [3.8, 4) is 11.1 Å². The maximum absolute atomic E-state index is 12.5. The molecule has 0 saturated carbocycles. The number of rotatable bonds is 8. The molecule has 7 nitrogen and oxygen atoms in total. The van der Waals surface area contributed by atoms with E-state index in [0.29, 0.717) is 11.3 Å². The molecule has 0 saturated heterocycles. The van der Waals surface area contributed by atoms with E-state index in [1.807, 2.05) is 38.1 Å². The smallest absolute Gasteiger partial charge is 0.411 e. The van der Waals surface area contributed by atoms with Crippen molar-refractivity contribution in [3.05, 3.63) is 89.5 Å². The van der Waals surface area contributed by atoms with Crippen molar-refractivity contribution in [2.75, 3.05) is 11.9 Å². The summed E-state index contributed by atoms with van der Waals surface area (Å²) in [7, 11) is 0. The van der Waals surface area contributed by atoms with Crippen LogP contribution < -0.4 is 10.6 Å². The van der Waals surface area contributed by atoms with Gasteiger partial charge in [-0.25, -0.2) is 4.79 Å². The van der Waals surface area contributed by atoms with Gasteiger partial charge in [-0.2, -0.15) is 0 Å². The third kappa shape index (κ3) is 5.51. The van der Waals surface area contributed by atoms with Crippen molar-refractivity contribution in [1.29, 1.82) is 0 Å². The average molecular weight is 473 g/mol. The quantitative estimate of drug-likeness (QED) is 0.414. The molecule has 0 heterocycles. The number of fused-ring (bicyclic) bond motifs is 3. The monoisotopic (exact) mass is 472 g/mol.